The first-order chi connectivity index (χ1) is 4.25. The maximum atomic E-state index is 12.3. The van der Waals surface area contributed by atoms with Crippen LogP contribution in [-0.2, 0) is 7.05 Å². The van der Waals surface area contributed by atoms with Gasteiger partial charge in [-0.15, -0.1) is 0 Å². The third-order valence-corrected chi connectivity index (χ3v) is 1.03. The van der Waals surface area contributed by atoms with Crippen molar-refractivity contribution in [1.82, 2.24) is 9.55 Å². The molecule has 1 rings (SSSR count). The van der Waals surface area contributed by atoms with Crippen molar-refractivity contribution in [2.75, 3.05) is 0 Å². The fourth-order valence-corrected chi connectivity index (χ4v) is 0.493. The highest BCUT2D eigenvalue weighted by Crippen LogP contribution is 1.97. The maximum absolute atomic E-state index is 12.3. The standard InChI is InChI=1S/C5H4FN3/c1-9-4(6)3-8-5(9)2-7/h3H,1H3. The van der Waals surface area contributed by atoms with Gasteiger partial charge in [-0.05, 0) is 0 Å². The molecular formula is C5H4FN3. The van der Waals surface area contributed by atoms with Crippen LogP contribution in [-0.4, -0.2) is 9.55 Å². The van der Waals surface area contributed by atoms with Gasteiger partial charge in [0.25, 0.3) is 0 Å². The molecule has 0 aliphatic carbocycles. The summed E-state index contributed by atoms with van der Waals surface area (Å²) >= 11 is 0. The molecule has 0 N–H and O–H groups in total. The SMILES string of the molecule is Cn1c(F)cnc1C#N. The van der Waals surface area contributed by atoms with Crippen molar-refractivity contribution in [3.05, 3.63) is 18.0 Å². The van der Waals surface area contributed by atoms with Crippen molar-refractivity contribution in [1.29, 1.82) is 5.26 Å². The van der Waals surface area contributed by atoms with E-state index in [-0.39, 0.29) is 5.82 Å². The molecule has 0 amide bonds. The van der Waals surface area contributed by atoms with E-state index in [1.165, 1.54) is 7.05 Å². The lowest BCUT2D eigenvalue weighted by Gasteiger charge is -1.88. The van der Waals surface area contributed by atoms with Gasteiger partial charge < -0.3 is 0 Å². The summed E-state index contributed by atoms with van der Waals surface area (Å²) < 4.78 is 13.4. The van der Waals surface area contributed by atoms with Gasteiger partial charge in [0.15, 0.2) is 0 Å². The van der Waals surface area contributed by atoms with Crippen LogP contribution in [0.2, 0.25) is 0 Å². The number of imidazole rings is 1. The first-order valence-corrected chi connectivity index (χ1v) is 2.33. The molecule has 46 valence electrons. The van der Waals surface area contributed by atoms with Gasteiger partial charge in [0, 0.05) is 7.05 Å². The van der Waals surface area contributed by atoms with Crippen LogP contribution < -0.4 is 0 Å². The second-order valence-corrected chi connectivity index (χ2v) is 1.58. The van der Waals surface area contributed by atoms with E-state index < -0.39 is 5.95 Å². The van der Waals surface area contributed by atoms with Crippen molar-refractivity contribution < 1.29 is 4.39 Å². The summed E-state index contributed by atoms with van der Waals surface area (Å²) in [6.07, 6.45) is 1.01. The van der Waals surface area contributed by atoms with Gasteiger partial charge in [0.05, 0.1) is 6.20 Å². The Labute approximate surface area is 51.4 Å². The van der Waals surface area contributed by atoms with Crippen molar-refractivity contribution in [2.24, 2.45) is 7.05 Å². The highest BCUT2D eigenvalue weighted by atomic mass is 19.1. The van der Waals surface area contributed by atoms with Gasteiger partial charge in [0.1, 0.15) is 6.07 Å². The van der Waals surface area contributed by atoms with Crippen molar-refractivity contribution in [3.8, 4) is 6.07 Å². The van der Waals surface area contributed by atoms with Gasteiger partial charge in [0.2, 0.25) is 11.8 Å². The van der Waals surface area contributed by atoms with Crippen LogP contribution in [0.4, 0.5) is 4.39 Å². The van der Waals surface area contributed by atoms with Crippen LogP contribution in [0, 0.1) is 17.3 Å². The Kier molecular flexibility index (Phi) is 1.19. The molecule has 0 bridgehead atoms. The van der Waals surface area contributed by atoms with Gasteiger partial charge >= 0.3 is 0 Å². The quantitative estimate of drug-likeness (QED) is 0.504. The van der Waals surface area contributed by atoms with Gasteiger partial charge in [-0.25, -0.2) is 4.98 Å². The lowest BCUT2D eigenvalue weighted by molar-refractivity contribution is 0.533. The lowest BCUT2D eigenvalue weighted by Crippen LogP contribution is -1.94. The number of rotatable bonds is 0. The monoisotopic (exact) mass is 125 g/mol. The summed E-state index contributed by atoms with van der Waals surface area (Å²) in [6, 6.07) is 1.73. The van der Waals surface area contributed by atoms with E-state index >= 15 is 0 Å². The third-order valence-electron chi connectivity index (χ3n) is 1.03. The van der Waals surface area contributed by atoms with Crippen LogP contribution in [0.25, 0.3) is 0 Å². The average Bonchev–Trinajstić information content (AvgIpc) is 2.15. The highest BCUT2D eigenvalue weighted by molar-refractivity contribution is 5.11. The summed E-state index contributed by atoms with van der Waals surface area (Å²) in [6.45, 7) is 0. The second kappa shape index (κ2) is 1.86. The molecular weight excluding hydrogens is 121 g/mol. The van der Waals surface area contributed by atoms with Crippen molar-refractivity contribution >= 4 is 0 Å². The number of nitrogens with zero attached hydrogens (tertiary/aromatic N) is 3. The first kappa shape index (κ1) is 5.76. The Morgan fingerprint density at radius 1 is 1.89 bits per heavy atom. The number of aromatic nitrogens is 2. The predicted octanol–water partition coefficient (Wildman–Crippen LogP) is 0.431. The molecule has 0 aliphatic heterocycles. The van der Waals surface area contributed by atoms with Crippen molar-refractivity contribution in [3.63, 3.8) is 0 Å². The minimum atomic E-state index is -0.494. The topological polar surface area (TPSA) is 41.6 Å². The summed E-state index contributed by atoms with van der Waals surface area (Å²) in [4.78, 5) is 3.46. The zero-order chi connectivity index (χ0) is 6.85. The molecule has 1 aromatic heterocycles. The molecule has 0 atom stereocenters. The van der Waals surface area contributed by atoms with Crippen LogP contribution in [0.15, 0.2) is 6.20 Å². The van der Waals surface area contributed by atoms with Crippen LogP contribution >= 0.6 is 0 Å². The second-order valence-electron chi connectivity index (χ2n) is 1.58. The van der Waals surface area contributed by atoms with E-state index in [1.807, 2.05) is 0 Å². The number of hydrogen-bond donors (Lipinski definition) is 0. The fraction of sp³-hybridized carbons (Fsp3) is 0.200. The molecule has 0 fully saturated rings. The molecule has 0 spiro atoms. The minimum Gasteiger partial charge on any atom is -0.296 e. The Hall–Kier alpha value is -1.37. The molecule has 0 saturated heterocycles. The molecule has 9 heavy (non-hydrogen) atoms. The van der Waals surface area contributed by atoms with E-state index in [4.69, 9.17) is 5.26 Å². The summed E-state index contributed by atoms with van der Waals surface area (Å²) in [7, 11) is 1.45. The van der Waals surface area contributed by atoms with Crippen LogP contribution in [0.1, 0.15) is 5.82 Å². The van der Waals surface area contributed by atoms with E-state index in [0.29, 0.717) is 0 Å². The minimum absolute atomic E-state index is 0.0903. The van der Waals surface area contributed by atoms with Crippen LogP contribution in [0.5, 0.6) is 0 Å². The van der Waals surface area contributed by atoms with Crippen molar-refractivity contribution in [2.45, 2.75) is 0 Å². The smallest absolute Gasteiger partial charge is 0.214 e. The molecule has 0 aromatic carbocycles. The van der Waals surface area contributed by atoms with Gasteiger partial charge in [-0.2, -0.15) is 9.65 Å². The summed E-state index contributed by atoms with van der Waals surface area (Å²) in [5.74, 6) is -0.404. The van der Waals surface area contributed by atoms with E-state index in [0.717, 1.165) is 10.8 Å². The largest absolute Gasteiger partial charge is 0.296 e. The Bertz CT molecular complexity index is 258. The zero-order valence-electron chi connectivity index (χ0n) is 4.80. The molecule has 4 heteroatoms. The third kappa shape index (κ3) is 0.765. The number of hydrogen-bond acceptors (Lipinski definition) is 2. The van der Waals surface area contributed by atoms with Gasteiger partial charge in [-0.1, -0.05) is 0 Å². The predicted molar refractivity (Wildman–Crippen MR) is 27.9 cm³/mol. The van der Waals surface area contributed by atoms with E-state index in [1.54, 1.807) is 6.07 Å². The Morgan fingerprint density at radius 2 is 2.56 bits per heavy atom. The van der Waals surface area contributed by atoms with E-state index in [9.17, 15) is 4.39 Å². The fourth-order valence-electron chi connectivity index (χ4n) is 0.493. The Balaban J connectivity index is 3.24. The lowest BCUT2D eigenvalue weighted by atomic mass is 10.7. The molecule has 1 heterocycles. The van der Waals surface area contributed by atoms with Gasteiger partial charge in [-0.3, -0.25) is 4.57 Å². The molecule has 0 saturated carbocycles. The summed E-state index contributed by atoms with van der Waals surface area (Å²) in [5, 5.41) is 8.23. The maximum Gasteiger partial charge on any atom is 0.214 e. The molecule has 0 radical (unpaired) electrons. The first-order valence-electron chi connectivity index (χ1n) is 2.33. The molecule has 1 aromatic rings. The van der Waals surface area contributed by atoms with E-state index in [2.05, 4.69) is 4.98 Å². The molecule has 0 aliphatic rings. The summed E-state index contributed by atoms with van der Waals surface area (Å²) in [5.41, 5.74) is 0. The highest BCUT2D eigenvalue weighted by Gasteiger charge is 2.01. The average molecular weight is 125 g/mol. The molecule has 3 nitrogen and oxygen atoms in total. The number of nitriles is 1. The normalized spacial score (nSPS) is 9.00. The molecule has 0 unspecified atom stereocenters. The number of halogens is 1. The van der Waals surface area contributed by atoms with Crippen LogP contribution in [0.3, 0.4) is 0 Å². The zero-order valence-corrected chi connectivity index (χ0v) is 4.80. The Morgan fingerprint density at radius 3 is 2.78 bits per heavy atom.